The first-order chi connectivity index (χ1) is 7.56. The summed E-state index contributed by atoms with van der Waals surface area (Å²) in [4.78, 5) is 10.7. The Morgan fingerprint density at radius 1 is 1.25 bits per heavy atom. The van der Waals surface area contributed by atoms with Gasteiger partial charge in [0.15, 0.2) is 0 Å². The second-order valence-electron chi connectivity index (χ2n) is 3.82. The molecule has 0 bridgehead atoms. The van der Waals surface area contributed by atoms with Crippen LogP contribution in [0.3, 0.4) is 0 Å². The molecule has 1 aromatic carbocycles. The van der Waals surface area contributed by atoms with Gasteiger partial charge in [0.1, 0.15) is 0 Å². The fourth-order valence-electron chi connectivity index (χ4n) is 1.66. The van der Waals surface area contributed by atoms with Crippen molar-refractivity contribution in [1.82, 2.24) is 9.78 Å². The Morgan fingerprint density at radius 2 is 1.88 bits per heavy atom. The molecule has 0 aliphatic rings. The van der Waals surface area contributed by atoms with Gasteiger partial charge in [-0.2, -0.15) is 5.10 Å². The van der Waals surface area contributed by atoms with E-state index in [9.17, 15) is 4.79 Å². The average Bonchev–Trinajstić information content (AvgIpc) is 2.64. The first-order valence-corrected chi connectivity index (χ1v) is 4.93. The van der Waals surface area contributed by atoms with Crippen LogP contribution in [-0.4, -0.2) is 20.9 Å². The Bertz CT molecular complexity index is 523. The summed E-state index contributed by atoms with van der Waals surface area (Å²) in [5, 5.41) is 12.8. The molecule has 16 heavy (non-hydrogen) atoms. The lowest BCUT2D eigenvalue weighted by Gasteiger charge is -2.04. The molecule has 0 saturated heterocycles. The largest absolute Gasteiger partial charge is 0.478 e. The van der Waals surface area contributed by atoms with E-state index in [2.05, 4.69) is 11.2 Å². The minimum atomic E-state index is -0.962. The number of carboxylic acids is 1. The lowest BCUT2D eigenvalue weighted by Crippen LogP contribution is -1.96. The summed E-state index contributed by atoms with van der Waals surface area (Å²) >= 11 is 0. The van der Waals surface area contributed by atoms with Crippen molar-refractivity contribution in [2.24, 2.45) is 0 Å². The zero-order valence-electron chi connectivity index (χ0n) is 9.14. The number of aromatic carboxylic acids is 1. The topological polar surface area (TPSA) is 55.1 Å². The van der Waals surface area contributed by atoms with Gasteiger partial charge in [0.2, 0.25) is 0 Å². The van der Waals surface area contributed by atoms with E-state index >= 15 is 0 Å². The molecule has 0 fully saturated rings. The van der Waals surface area contributed by atoms with Gasteiger partial charge in [0.25, 0.3) is 0 Å². The molecule has 4 heteroatoms. The third-order valence-electron chi connectivity index (χ3n) is 2.30. The smallest absolute Gasteiger partial charge is 0.338 e. The molecule has 0 unspecified atom stereocenters. The quantitative estimate of drug-likeness (QED) is 0.837. The van der Waals surface area contributed by atoms with Crippen molar-refractivity contribution in [2.45, 2.75) is 13.8 Å². The van der Waals surface area contributed by atoms with E-state index in [1.54, 1.807) is 4.68 Å². The van der Waals surface area contributed by atoms with Crippen LogP contribution in [0, 0.1) is 13.8 Å². The van der Waals surface area contributed by atoms with Crippen molar-refractivity contribution in [2.75, 3.05) is 0 Å². The Hall–Kier alpha value is -2.10. The van der Waals surface area contributed by atoms with Gasteiger partial charge < -0.3 is 5.11 Å². The molecule has 2 aromatic rings. The summed E-state index contributed by atoms with van der Waals surface area (Å²) in [5.41, 5.74) is 3.33. The van der Waals surface area contributed by atoms with Gasteiger partial charge in [-0.25, -0.2) is 9.48 Å². The molecule has 1 heterocycles. The van der Waals surface area contributed by atoms with Gasteiger partial charge in [0, 0.05) is 6.20 Å². The predicted molar refractivity (Wildman–Crippen MR) is 60.0 cm³/mol. The van der Waals surface area contributed by atoms with Crippen molar-refractivity contribution in [3.05, 3.63) is 47.3 Å². The fraction of sp³-hybridized carbons (Fsp3) is 0.167. The van der Waals surface area contributed by atoms with Gasteiger partial charge in [-0.3, -0.25) is 0 Å². The molecule has 2 rings (SSSR count). The van der Waals surface area contributed by atoms with Crippen LogP contribution in [0.1, 0.15) is 21.5 Å². The van der Waals surface area contributed by atoms with E-state index in [4.69, 9.17) is 5.11 Å². The van der Waals surface area contributed by atoms with E-state index in [1.165, 1.54) is 12.4 Å². The lowest BCUT2D eigenvalue weighted by atomic mass is 10.1. The normalized spacial score (nSPS) is 10.4. The van der Waals surface area contributed by atoms with Crippen LogP contribution in [0.15, 0.2) is 30.6 Å². The predicted octanol–water partition coefficient (Wildman–Crippen LogP) is 2.19. The van der Waals surface area contributed by atoms with Gasteiger partial charge in [-0.05, 0) is 37.1 Å². The Kier molecular flexibility index (Phi) is 2.48. The van der Waals surface area contributed by atoms with Gasteiger partial charge >= 0.3 is 5.97 Å². The fourth-order valence-corrected chi connectivity index (χ4v) is 1.66. The second-order valence-corrected chi connectivity index (χ2v) is 3.82. The van der Waals surface area contributed by atoms with Crippen molar-refractivity contribution < 1.29 is 9.90 Å². The average molecular weight is 216 g/mol. The van der Waals surface area contributed by atoms with Gasteiger partial charge in [-0.1, -0.05) is 6.07 Å². The SMILES string of the molecule is Cc1cc(C)cc(-n2cc(C(=O)O)cn2)c1. The van der Waals surface area contributed by atoms with Crippen molar-refractivity contribution >= 4 is 5.97 Å². The van der Waals surface area contributed by atoms with Crippen molar-refractivity contribution in [1.29, 1.82) is 0 Å². The first kappa shape index (κ1) is 10.4. The maximum atomic E-state index is 10.7. The summed E-state index contributed by atoms with van der Waals surface area (Å²) in [5.74, 6) is -0.962. The highest BCUT2D eigenvalue weighted by Crippen LogP contribution is 2.13. The third-order valence-corrected chi connectivity index (χ3v) is 2.30. The maximum absolute atomic E-state index is 10.7. The summed E-state index contributed by atoms with van der Waals surface area (Å²) < 4.78 is 1.57. The Morgan fingerprint density at radius 3 is 2.38 bits per heavy atom. The minimum Gasteiger partial charge on any atom is -0.478 e. The number of hydrogen-bond donors (Lipinski definition) is 1. The molecule has 0 spiro atoms. The Balaban J connectivity index is 2.46. The van der Waals surface area contributed by atoms with Crippen molar-refractivity contribution in [3.8, 4) is 5.69 Å². The summed E-state index contributed by atoms with van der Waals surface area (Å²) in [6, 6.07) is 5.99. The highest BCUT2D eigenvalue weighted by Gasteiger charge is 2.07. The number of carbonyl (C=O) groups is 1. The van der Waals surface area contributed by atoms with Crippen molar-refractivity contribution in [3.63, 3.8) is 0 Å². The number of benzene rings is 1. The zero-order valence-corrected chi connectivity index (χ0v) is 9.14. The molecule has 4 nitrogen and oxygen atoms in total. The van der Waals surface area contributed by atoms with E-state index in [1.807, 2.05) is 26.0 Å². The zero-order chi connectivity index (χ0) is 11.7. The monoisotopic (exact) mass is 216 g/mol. The third kappa shape index (κ3) is 1.95. The van der Waals surface area contributed by atoms with E-state index in [0.717, 1.165) is 16.8 Å². The molecule has 0 aliphatic heterocycles. The molecule has 0 amide bonds. The number of rotatable bonds is 2. The molecule has 1 aromatic heterocycles. The van der Waals surface area contributed by atoms with E-state index in [-0.39, 0.29) is 5.56 Å². The molecule has 0 saturated carbocycles. The number of hydrogen-bond acceptors (Lipinski definition) is 2. The minimum absolute atomic E-state index is 0.194. The lowest BCUT2D eigenvalue weighted by molar-refractivity contribution is 0.0697. The van der Waals surface area contributed by atoms with Crippen LogP contribution in [-0.2, 0) is 0 Å². The molecule has 0 radical (unpaired) electrons. The highest BCUT2D eigenvalue weighted by molar-refractivity contribution is 5.86. The standard InChI is InChI=1S/C12H12N2O2/c1-8-3-9(2)5-11(4-8)14-7-10(6-13-14)12(15)16/h3-7H,1-2H3,(H,15,16). The molecule has 0 atom stereocenters. The second kappa shape index (κ2) is 3.81. The number of nitrogens with zero attached hydrogens (tertiary/aromatic N) is 2. The van der Waals surface area contributed by atoms with Gasteiger partial charge in [-0.15, -0.1) is 0 Å². The number of carboxylic acid groups (broad SMARTS) is 1. The molecular formula is C12H12N2O2. The van der Waals surface area contributed by atoms with Crippen LogP contribution < -0.4 is 0 Å². The molecule has 1 N–H and O–H groups in total. The summed E-state index contributed by atoms with van der Waals surface area (Å²) in [6.07, 6.45) is 2.86. The van der Waals surface area contributed by atoms with E-state index in [0.29, 0.717) is 0 Å². The molecule has 82 valence electrons. The molecular weight excluding hydrogens is 204 g/mol. The summed E-state index contributed by atoms with van der Waals surface area (Å²) in [6.45, 7) is 4.00. The van der Waals surface area contributed by atoms with Gasteiger partial charge in [0.05, 0.1) is 17.4 Å². The van der Waals surface area contributed by atoms with E-state index < -0.39 is 5.97 Å². The number of aromatic nitrogens is 2. The van der Waals surface area contributed by atoms with Crippen LogP contribution in [0.2, 0.25) is 0 Å². The Labute approximate surface area is 93.1 Å². The van der Waals surface area contributed by atoms with Crippen LogP contribution in [0.5, 0.6) is 0 Å². The van der Waals surface area contributed by atoms with Crippen LogP contribution >= 0.6 is 0 Å². The first-order valence-electron chi connectivity index (χ1n) is 4.93. The number of aryl methyl sites for hydroxylation is 2. The molecule has 0 aliphatic carbocycles. The van der Waals surface area contributed by atoms with Crippen LogP contribution in [0.4, 0.5) is 0 Å². The van der Waals surface area contributed by atoms with Crippen LogP contribution in [0.25, 0.3) is 5.69 Å². The highest BCUT2D eigenvalue weighted by atomic mass is 16.4. The summed E-state index contributed by atoms with van der Waals surface area (Å²) in [7, 11) is 0. The maximum Gasteiger partial charge on any atom is 0.338 e.